The zero-order chi connectivity index (χ0) is 33.5. The number of hydrogen-bond donors (Lipinski definition) is 2. The third-order valence-corrected chi connectivity index (χ3v) is 8.94. The Morgan fingerprint density at radius 3 is 2.19 bits per heavy atom. The second-order valence-corrected chi connectivity index (χ2v) is 13.0. The molecule has 0 radical (unpaired) electrons. The van der Waals surface area contributed by atoms with Crippen LogP contribution >= 0.6 is 0 Å². The van der Waals surface area contributed by atoms with Crippen LogP contribution in [0.1, 0.15) is 51.2 Å². The molecule has 1 aliphatic heterocycles. The second kappa shape index (κ2) is 15.1. The van der Waals surface area contributed by atoms with E-state index in [2.05, 4.69) is 53.5 Å². The van der Waals surface area contributed by atoms with Gasteiger partial charge in [-0.15, -0.1) is 0 Å². The van der Waals surface area contributed by atoms with E-state index in [1.165, 1.54) is 5.56 Å². The number of nitrogens with zero attached hydrogens (tertiary/aromatic N) is 2. The molecule has 0 bridgehead atoms. The van der Waals surface area contributed by atoms with E-state index in [1.807, 2.05) is 87.5 Å². The molecule has 7 heteroatoms. The quantitative estimate of drug-likeness (QED) is 0.171. The standard InChI is InChI=1S/C40H46N4O3/c1-5-12-33(38(41)45)34(23-27(2)3)39(46)42-35-26-43(32-15-7-6-8-16-32)36-17-9-10-18-37(36)44(40(35)47)25-29-13-11-14-31(24-29)30-21-19-28(4)20-22-30/h6-11,13-22,24,27,33-35H,5,12,23,25-26H2,1-4H3,(H2,41,45)(H,42,46)/t33-,34+,35?/m0/s1. The maximum atomic E-state index is 14.7. The van der Waals surface area contributed by atoms with Crippen LogP contribution in [0.4, 0.5) is 17.1 Å². The number of fused-ring (bicyclic) bond motifs is 1. The fourth-order valence-electron chi connectivity index (χ4n) is 6.58. The minimum atomic E-state index is -0.875. The average molecular weight is 631 g/mol. The fourth-order valence-corrected chi connectivity index (χ4v) is 6.58. The van der Waals surface area contributed by atoms with Crippen LogP contribution < -0.4 is 20.9 Å². The van der Waals surface area contributed by atoms with Crippen molar-refractivity contribution in [1.29, 1.82) is 0 Å². The van der Waals surface area contributed by atoms with Crippen molar-refractivity contribution in [2.45, 2.75) is 59.5 Å². The zero-order valence-electron chi connectivity index (χ0n) is 27.9. The third kappa shape index (κ3) is 7.91. The molecule has 3 atom stereocenters. The molecule has 0 aliphatic carbocycles. The van der Waals surface area contributed by atoms with Crippen LogP contribution in [0.3, 0.4) is 0 Å². The molecule has 1 aliphatic rings. The zero-order valence-corrected chi connectivity index (χ0v) is 27.9. The number of rotatable bonds is 12. The summed E-state index contributed by atoms with van der Waals surface area (Å²) < 4.78 is 0. The first-order valence-electron chi connectivity index (χ1n) is 16.6. The number of carbonyl (C=O) groups excluding carboxylic acids is 3. The van der Waals surface area contributed by atoms with Crippen molar-refractivity contribution in [3.63, 3.8) is 0 Å². The molecule has 0 saturated heterocycles. The first-order valence-corrected chi connectivity index (χ1v) is 16.6. The van der Waals surface area contributed by atoms with Gasteiger partial charge in [0.05, 0.1) is 24.5 Å². The fraction of sp³-hybridized carbons (Fsp3) is 0.325. The van der Waals surface area contributed by atoms with E-state index >= 15 is 0 Å². The van der Waals surface area contributed by atoms with Crippen LogP contribution in [0.25, 0.3) is 11.1 Å². The van der Waals surface area contributed by atoms with E-state index in [0.29, 0.717) is 19.4 Å². The molecule has 0 saturated carbocycles. The normalized spacial score (nSPS) is 15.9. The highest BCUT2D eigenvalue weighted by molar-refractivity contribution is 6.04. The average Bonchev–Trinajstić information content (AvgIpc) is 3.17. The van der Waals surface area contributed by atoms with Crippen LogP contribution in [0.5, 0.6) is 0 Å². The van der Waals surface area contributed by atoms with Gasteiger partial charge in [-0.25, -0.2) is 0 Å². The topological polar surface area (TPSA) is 95.7 Å². The largest absolute Gasteiger partial charge is 0.369 e. The number of aryl methyl sites for hydroxylation is 1. The first-order chi connectivity index (χ1) is 22.7. The summed E-state index contributed by atoms with van der Waals surface area (Å²) in [6.07, 6.45) is 1.74. The van der Waals surface area contributed by atoms with Gasteiger partial charge in [0.2, 0.25) is 11.8 Å². The lowest BCUT2D eigenvalue weighted by atomic mass is 9.81. The SMILES string of the molecule is CCC[C@H](C(N)=O)[C@@H](CC(C)C)C(=O)NC1CN(c2ccccc2)c2ccccc2N(Cc2cccc(-c3ccc(C)cc3)c2)C1=O. The summed E-state index contributed by atoms with van der Waals surface area (Å²) in [5, 5.41) is 3.12. The molecular formula is C40H46N4O3. The Kier molecular flexibility index (Phi) is 10.8. The van der Waals surface area contributed by atoms with Crippen molar-refractivity contribution in [1.82, 2.24) is 5.32 Å². The number of nitrogens with one attached hydrogen (secondary N) is 1. The van der Waals surface area contributed by atoms with E-state index in [0.717, 1.165) is 40.2 Å². The summed E-state index contributed by atoms with van der Waals surface area (Å²) in [5.74, 6) is -2.07. The van der Waals surface area contributed by atoms with Gasteiger partial charge in [-0.05, 0) is 72.7 Å². The Bertz CT molecular complexity index is 1690. The minimum absolute atomic E-state index is 0.164. The Hall–Kier alpha value is -4.91. The molecule has 4 aromatic carbocycles. The predicted molar refractivity (Wildman–Crippen MR) is 190 cm³/mol. The highest BCUT2D eigenvalue weighted by Gasteiger charge is 2.39. The summed E-state index contributed by atoms with van der Waals surface area (Å²) in [4.78, 5) is 45.3. The van der Waals surface area contributed by atoms with Gasteiger partial charge in [0, 0.05) is 17.5 Å². The number of anilines is 3. The number of carbonyl (C=O) groups is 3. The van der Waals surface area contributed by atoms with E-state index in [1.54, 1.807) is 4.90 Å². The maximum absolute atomic E-state index is 14.7. The van der Waals surface area contributed by atoms with Crippen molar-refractivity contribution in [2.75, 3.05) is 16.3 Å². The van der Waals surface area contributed by atoms with Crippen LogP contribution in [-0.4, -0.2) is 30.3 Å². The lowest BCUT2D eigenvalue weighted by molar-refractivity contribution is -0.136. The highest BCUT2D eigenvalue weighted by atomic mass is 16.2. The molecule has 3 N–H and O–H groups in total. The van der Waals surface area contributed by atoms with Gasteiger partial charge in [0.1, 0.15) is 6.04 Å². The molecule has 244 valence electrons. The number of para-hydroxylation sites is 3. The smallest absolute Gasteiger partial charge is 0.251 e. The summed E-state index contributed by atoms with van der Waals surface area (Å²) in [7, 11) is 0. The summed E-state index contributed by atoms with van der Waals surface area (Å²) in [6, 6.07) is 33.6. The summed E-state index contributed by atoms with van der Waals surface area (Å²) in [6.45, 7) is 8.66. The van der Waals surface area contributed by atoms with Gasteiger partial charge < -0.3 is 20.9 Å². The molecule has 0 spiro atoms. The van der Waals surface area contributed by atoms with E-state index in [-0.39, 0.29) is 24.3 Å². The van der Waals surface area contributed by atoms with Crippen molar-refractivity contribution >= 4 is 34.8 Å². The molecule has 4 aromatic rings. The van der Waals surface area contributed by atoms with Crippen molar-refractivity contribution in [3.05, 3.63) is 114 Å². The van der Waals surface area contributed by atoms with Gasteiger partial charge in [0.25, 0.3) is 5.91 Å². The summed E-state index contributed by atoms with van der Waals surface area (Å²) in [5.41, 5.74) is 12.7. The molecule has 47 heavy (non-hydrogen) atoms. The van der Waals surface area contributed by atoms with Gasteiger partial charge in [-0.3, -0.25) is 14.4 Å². The lowest BCUT2D eigenvalue weighted by Gasteiger charge is -2.30. The first kappa shape index (κ1) is 33.5. The van der Waals surface area contributed by atoms with E-state index < -0.39 is 23.8 Å². The highest BCUT2D eigenvalue weighted by Crippen LogP contribution is 2.38. The Balaban J connectivity index is 1.55. The molecule has 0 aromatic heterocycles. The summed E-state index contributed by atoms with van der Waals surface area (Å²) >= 11 is 0. The predicted octanol–water partition coefficient (Wildman–Crippen LogP) is 7.40. The van der Waals surface area contributed by atoms with Gasteiger partial charge in [-0.2, -0.15) is 0 Å². The monoisotopic (exact) mass is 630 g/mol. The lowest BCUT2D eigenvalue weighted by Crippen LogP contribution is -2.54. The molecular weight excluding hydrogens is 584 g/mol. The third-order valence-electron chi connectivity index (χ3n) is 8.94. The maximum Gasteiger partial charge on any atom is 0.251 e. The molecule has 3 amide bonds. The molecule has 7 nitrogen and oxygen atoms in total. The molecule has 5 rings (SSSR count). The van der Waals surface area contributed by atoms with E-state index in [4.69, 9.17) is 5.73 Å². The van der Waals surface area contributed by atoms with Gasteiger partial charge in [0.15, 0.2) is 0 Å². The number of amides is 3. The molecule has 1 unspecified atom stereocenters. The minimum Gasteiger partial charge on any atom is -0.369 e. The Labute approximate surface area is 278 Å². The van der Waals surface area contributed by atoms with Crippen LogP contribution in [0, 0.1) is 24.7 Å². The van der Waals surface area contributed by atoms with Crippen molar-refractivity contribution in [3.8, 4) is 11.1 Å². The van der Waals surface area contributed by atoms with Gasteiger partial charge in [-0.1, -0.05) is 106 Å². The van der Waals surface area contributed by atoms with Crippen molar-refractivity contribution in [2.24, 2.45) is 23.5 Å². The molecule has 0 fully saturated rings. The van der Waals surface area contributed by atoms with Crippen LogP contribution in [0.15, 0.2) is 103 Å². The second-order valence-electron chi connectivity index (χ2n) is 13.0. The Morgan fingerprint density at radius 2 is 1.53 bits per heavy atom. The van der Waals surface area contributed by atoms with Crippen molar-refractivity contribution < 1.29 is 14.4 Å². The van der Waals surface area contributed by atoms with Gasteiger partial charge >= 0.3 is 0 Å². The number of nitrogens with two attached hydrogens (primary N) is 1. The van der Waals surface area contributed by atoms with E-state index in [9.17, 15) is 14.4 Å². The number of hydrogen-bond acceptors (Lipinski definition) is 4. The Morgan fingerprint density at radius 1 is 0.851 bits per heavy atom. The molecule has 1 heterocycles. The van der Waals surface area contributed by atoms with Crippen LogP contribution in [0.2, 0.25) is 0 Å². The number of primary amides is 1. The number of benzene rings is 4. The van der Waals surface area contributed by atoms with Crippen LogP contribution in [-0.2, 0) is 20.9 Å².